The molecule has 0 amide bonds. The van der Waals surface area contributed by atoms with Crippen LogP contribution in [-0.4, -0.2) is 12.4 Å². The minimum Gasteiger partial charge on any atom is -0.171 e. The number of rotatable bonds is 2. The van der Waals surface area contributed by atoms with Crippen molar-refractivity contribution in [2.75, 3.05) is 0 Å². The van der Waals surface area contributed by atoms with Crippen molar-refractivity contribution >= 4 is 0 Å². The third-order valence-electron chi connectivity index (χ3n) is 4.00. The van der Waals surface area contributed by atoms with E-state index in [4.69, 9.17) is 0 Å². The highest BCUT2D eigenvalue weighted by atomic mass is 19.4. The van der Waals surface area contributed by atoms with E-state index in [0.29, 0.717) is 6.92 Å². The molecule has 0 aromatic rings. The lowest BCUT2D eigenvalue weighted by molar-refractivity contribution is -0.269. The molecular weight excluding hydrogens is 234 g/mol. The van der Waals surface area contributed by atoms with Gasteiger partial charge in [0.05, 0.1) is 11.3 Å². The summed E-state index contributed by atoms with van der Waals surface area (Å²) in [6.45, 7) is 3.39. The minimum atomic E-state index is -4.80. The van der Waals surface area contributed by atoms with Crippen LogP contribution in [-0.2, 0) is 0 Å². The third-order valence-corrected chi connectivity index (χ3v) is 4.00. The normalized spacial score (nSPS) is 37.3. The maximum absolute atomic E-state index is 12.9. The van der Waals surface area contributed by atoms with Crippen molar-refractivity contribution in [3.8, 4) is 0 Å². The van der Waals surface area contributed by atoms with Crippen LogP contribution in [0.5, 0.6) is 0 Å². The van der Waals surface area contributed by atoms with Crippen LogP contribution in [0.1, 0.15) is 27.2 Å². The fourth-order valence-electron chi connectivity index (χ4n) is 3.07. The molecule has 4 atom stereocenters. The van der Waals surface area contributed by atoms with Gasteiger partial charge in [-0.3, -0.25) is 0 Å². The van der Waals surface area contributed by atoms with Crippen molar-refractivity contribution in [3.05, 3.63) is 0 Å². The number of halogens is 6. The lowest BCUT2D eigenvalue weighted by Crippen LogP contribution is -2.41. The standard InChI is InChI=1S/C10H14F6/c1-4-7-5(2)8(7,10(14,15)16)6(3)9(11,12)13/h5-7H,4H2,1-3H3. The van der Waals surface area contributed by atoms with Crippen LogP contribution in [0.3, 0.4) is 0 Å². The predicted octanol–water partition coefficient (Wildman–Crippen LogP) is 4.41. The zero-order chi connectivity index (χ0) is 12.9. The maximum Gasteiger partial charge on any atom is 0.395 e. The van der Waals surface area contributed by atoms with Crippen LogP contribution >= 0.6 is 0 Å². The molecule has 0 aliphatic heterocycles. The smallest absolute Gasteiger partial charge is 0.171 e. The Kier molecular flexibility index (Phi) is 3.01. The summed E-state index contributed by atoms with van der Waals surface area (Å²) in [6.07, 6.45) is -9.46. The number of alkyl halides is 6. The zero-order valence-electron chi connectivity index (χ0n) is 9.21. The summed E-state index contributed by atoms with van der Waals surface area (Å²) in [4.78, 5) is 0. The van der Waals surface area contributed by atoms with E-state index < -0.39 is 35.5 Å². The van der Waals surface area contributed by atoms with Gasteiger partial charge in [0, 0.05) is 0 Å². The number of hydrogen-bond donors (Lipinski definition) is 0. The molecule has 1 fully saturated rings. The van der Waals surface area contributed by atoms with Gasteiger partial charge in [-0.05, 0) is 11.8 Å². The lowest BCUT2D eigenvalue weighted by Gasteiger charge is -2.30. The minimum absolute atomic E-state index is 0.126. The van der Waals surface area contributed by atoms with Crippen LogP contribution in [0.2, 0.25) is 0 Å². The van der Waals surface area contributed by atoms with Gasteiger partial charge in [0.15, 0.2) is 0 Å². The van der Waals surface area contributed by atoms with Crippen molar-refractivity contribution in [2.45, 2.75) is 39.5 Å². The van der Waals surface area contributed by atoms with Gasteiger partial charge >= 0.3 is 12.4 Å². The quantitative estimate of drug-likeness (QED) is 0.635. The van der Waals surface area contributed by atoms with Gasteiger partial charge in [0.2, 0.25) is 0 Å². The second-order valence-corrected chi connectivity index (χ2v) is 4.50. The molecule has 0 spiro atoms. The molecule has 0 bridgehead atoms. The molecule has 0 aromatic carbocycles. The van der Waals surface area contributed by atoms with E-state index in [1.807, 2.05) is 0 Å². The molecule has 1 rings (SSSR count). The van der Waals surface area contributed by atoms with E-state index >= 15 is 0 Å². The van der Waals surface area contributed by atoms with Gasteiger partial charge in [-0.15, -0.1) is 0 Å². The largest absolute Gasteiger partial charge is 0.395 e. The highest BCUT2D eigenvalue weighted by molar-refractivity contribution is 5.15. The Hall–Kier alpha value is -0.420. The van der Waals surface area contributed by atoms with Gasteiger partial charge in [-0.1, -0.05) is 27.2 Å². The van der Waals surface area contributed by atoms with E-state index in [-0.39, 0.29) is 6.42 Å². The summed E-state index contributed by atoms with van der Waals surface area (Å²) >= 11 is 0. The van der Waals surface area contributed by atoms with Gasteiger partial charge in [-0.25, -0.2) is 0 Å². The first-order valence-corrected chi connectivity index (χ1v) is 5.14. The van der Waals surface area contributed by atoms with Gasteiger partial charge in [0.1, 0.15) is 0 Å². The van der Waals surface area contributed by atoms with E-state index in [0.717, 1.165) is 0 Å². The SMILES string of the molecule is CCC1C(C)C1(C(C)C(F)(F)F)C(F)(F)F. The zero-order valence-corrected chi connectivity index (χ0v) is 9.21. The van der Waals surface area contributed by atoms with Crippen molar-refractivity contribution < 1.29 is 26.3 Å². The fourth-order valence-corrected chi connectivity index (χ4v) is 3.07. The Morgan fingerprint density at radius 3 is 1.75 bits per heavy atom. The molecule has 0 radical (unpaired) electrons. The van der Waals surface area contributed by atoms with Crippen LogP contribution in [0.25, 0.3) is 0 Å². The average Bonchev–Trinajstić information content (AvgIpc) is 2.68. The van der Waals surface area contributed by atoms with E-state index in [1.54, 1.807) is 0 Å². The summed E-state index contributed by atoms with van der Waals surface area (Å²) in [7, 11) is 0. The highest BCUT2D eigenvalue weighted by Gasteiger charge is 2.80. The molecule has 6 heteroatoms. The number of hydrogen-bond acceptors (Lipinski definition) is 0. The molecule has 0 heterocycles. The van der Waals surface area contributed by atoms with Crippen LogP contribution in [0.15, 0.2) is 0 Å². The van der Waals surface area contributed by atoms with Crippen molar-refractivity contribution in [3.63, 3.8) is 0 Å². The highest BCUT2D eigenvalue weighted by Crippen LogP contribution is 2.73. The summed E-state index contributed by atoms with van der Waals surface area (Å²) in [5, 5.41) is 0. The van der Waals surface area contributed by atoms with Gasteiger partial charge in [-0.2, -0.15) is 26.3 Å². The molecule has 4 unspecified atom stereocenters. The maximum atomic E-state index is 12.9. The monoisotopic (exact) mass is 248 g/mol. The summed E-state index contributed by atoms with van der Waals surface area (Å²) in [5.41, 5.74) is -2.57. The molecule has 0 N–H and O–H groups in total. The van der Waals surface area contributed by atoms with E-state index in [9.17, 15) is 26.3 Å². The first kappa shape index (κ1) is 13.6. The van der Waals surface area contributed by atoms with E-state index in [2.05, 4.69) is 0 Å². The first-order valence-electron chi connectivity index (χ1n) is 5.14. The van der Waals surface area contributed by atoms with Gasteiger partial charge < -0.3 is 0 Å². The third kappa shape index (κ3) is 1.61. The van der Waals surface area contributed by atoms with Crippen molar-refractivity contribution in [1.29, 1.82) is 0 Å². The Bertz CT molecular complexity index is 265. The summed E-state index contributed by atoms with van der Waals surface area (Å²) in [6, 6.07) is 0. The molecule has 0 aromatic heterocycles. The Morgan fingerprint density at radius 1 is 1.12 bits per heavy atom. The summed E-state index contributed by atoms with van der Waals surface area (Å²) in [5.74, 6) is -4.20. The second kappa shape index (κ2) is 3.53. The molecule has 16 heavy (non-hydrogen) atoms. The molecule has 0 nitrogen and oxygen atoms in total. The Morgan fingerprint density at radius 2 is 1.56 bits per heavy atom. The van der Waals surface area contributed by atoms with Crippen molar-refractivity contribution in [1.82, 2.24) is 0 Å². The van der Waals surface area contributed by atoms with Crippen molar-refractivity contribution in [2.24, 2.45) is 23.2 Å². The molecule has 1 aliphatic carbocycles. The molecule has 1 saturated carbocycles. The fraction of sp³-hybridized carbons (Fsp3) is 1.00. The molecular formula is C10H14F6. The second-order valence-electron chi connectivity index (χ2n) is 4.50. The Balaban J connectivity index is 3.11. The van der Waals surface area contributed by atoms with Gasteiger partial charge in [0.25, 0.3) is 0 Å². The Labute approximate surface area is 90.0 Å². The van der Waals surface area contributed by atoms with Crippen LogP contribution < -0.4 is 0 Å². The topological polar surface area (TPSA) is 0 Å². The lowest BCUT2D eigenvalue weighted by atomic mass is 9.85. The molecule has 96 valence electrons. The molecule has 0 saturated heterocycles. The predicted molar refractivity (Wildman–Crippen MR) is 46.7 cm³/mol. The van der Waals surface area contributed by atoms with Crippen LogP contribution in [0.4, 0.5) is 26.3 Å². The average molecular weight is 248 g/mol. The van der Waals surface area contributed by atoms with E-state index in [1.165, 1.54) is 13.8 Å². The van der Waals surface area contributed by atoms with Crippen LogP contribution in [0, 0.1) is 23.2 Å². The molecule has 1 aliphatic rings. The first-order chi connectivity index (χ1) is 7.01. The summed E-state index contributed by atoms with van der Waals surface area (Å²) < 4.78 is 76.1.